The number of nitrogens with zero attached hydrogens (tertiary/aromatic N) is 1. The molecule has 0 saturated carbocycles. The normalized spacial score (nSPS) is 11.0. The highest BCUT2D eigenvalue weighted by molar-refractivity contribution is 8.00. The minimum absolute atomic E-state index is 0.00762. The third kappa shape index (κ3) is 5.35. The molecule has 0 unspecified atom stereocenters. The van der Waals surface area contributed by atoms with E-state index in [2.05, 4.69) is 10.5 Å². The van der Waals surface area contributed by atoms with Crippen LogP contribution in [0.25, 0.3) is 0 Å². The number of amides is 1. The largest absolute Gasteiger partial charge is 0.497 e. The van der Waals surface area contributed by atoms with Crippen LogP contribution in [-0.4, -0.2) is 25.0 Å². The number of benzene rings is 2. The summed E-state index contributed by atoms with van der Waals surface area (Å²) in [5, 5.41) is 4.42. The average Bonchev–Trinajstić information content (AvgIpc) is 2.65. The molecule has 0 aliphatic carbocycles. The summed E-state index contributed by atoms with van der Waals surface area (Å²) >= 11 is 31.2. The molecule has 0 spiro atoms. The maximum atomic E-state index is 11.9. The smallest absolute Gasteiger partial charge is 0.250 e. The Morgan fingerprint density at radius 2 is 1.58 bits per heavy atom. The monoisotopic (exact) mass is 470 g/mol. The second-order valence-corrected chi connectivity index (χ2v) is 7.63. The molecule has 10 heteroatoms. The number of carbonyl (C=O) groups is 1. The summed E-state index contributed by atoms with van der Waals surface area (Å²) in [5.74, 6) is 0.388. The van der Waals surface area contributed by atoms with Crippen LogP contribution < -0.4 is 10.2 Å². The number of hydrogen-bond donors (Lipinski definition) is 1. The van der Waals surface area contributed by atoms with Gasteiger partial charge in [-0.3, -0.25) is 4.79 Å². The van der Waals surface area contributed by atoms with Crippen molar-refractivity contribution in [3.05, 3.63) is 54.9 Å². The van der Waals surface area contributed by atoms with Crippen molar-refractivity contribution in [2.45, 2.75) is 4.90 Å². The maximum Gasteiger partial charge on any atom is 0.250 e. The van der Waals surface area contributed by atoms with Crippen LogP contribution >= 0.6 is 69.8 Å². The van der Waals surface area contributed by atoms with E-state index in [0.29, 0.717) is 4.90 Å². The quantitative estimate of drug-likeness (QED) is 0.179. The molecule has 2 aromatic carbocycles. The van der Waals surface area contributed by atoms with Gasteiger partial charge in [-0.05, 0) is 29.8 Å². The molecule has 0 bridgehead atoms. The van der Waals surface area contributed by atoms with Gasteiger partial charge in [0.05, 0.1) is 44.2 Å². The molecule has 138 valence electrons. The fraction of sp³-hybridized carbons (Fsp3) is 0.125. The van der Waals surface area contributed by atoms with Gasteiger partial charge in [0.15, 0.2) is 0 Å². The number of rotatable bonds is 6. The van der Waals surface area contributed by atoms with Crippen LogP contribution in [0.5, 0.6) is 5.75 Å². The second-order valence-electron chi connectivity index (χ2n) is 4.75. The summed E-state index contributed by atoms with van der Waals surface area (Å²) in [4.78, 5) is 12.3. The van der Waals surface area contributed by atoms with Gasteiger partial charge in [-0.1, -0.05) is 58.0 Å². The number of thioether (sulfide) groups is 1. The Morgan fingerprint density at radius 3 is 2.12 bits per heavy atom. The van der Waals surface area contributed by atoms with Crippen LogP contribution in [0.4, 0.5) is 0 Å². The summed E-state index contributed by atoms with van der Waals surface area (Å²) in [5.41, 5.74) is 3.22. The van der Waals surface area contributed by atoms with E-state index in [9.17, 15) is 4.79 Å². The van der Waals surface area contributed by atoms with Crippen LogP contribution in [0.2, 0.25) is 25.1 Å². The van der Waals surface area contributed by atoms with Crippen LogP contribution in [0.3, 0.4) is 0 Å². The minimum atomic E-state index is -0.353. The lowest BCUT2D eigenvalue weighted by molar-refractivity contribution is -0.118. The van der Waals surface area contributed by atoms with Crippen LogP contribution in [0.15, 0.2) is 34.3 Å². The lowest BCUT2D eigenvalue weighted by Crippen LogP contribution is -2.19. The van der Waals surface area contributed by atoms with Crippen molar-refractivity contribution in [2.75, 3.05) is 12.9 Å². The van der Waals surface area contributed by atoms with Gasteiger partial charge in [-0.15, -0.1) is 11.8 Å². The first kappa shape index (κ1) is 21.5. The van der Waals surface area contributed by atoms with Crippen molar-refractivity contribution in [1.82, 2.24) is 5.43 Å². The van der Waals surface area contributed by atoms with Gasteiger partial charge in [0.25, 0.3) is 0 Å². The molecule has 0 atom stereocenters. The third-order valence-electron chi connectivity index (χ3n) is 3.04. The molecule has 0 heterocycles. The predicted molar refractivity (Wildman–Crippen MR) is 111 cm³/mol. The van der Waals surface area contributed by atoms with Gasteiger partial charge >= 0.3 is 0 Å². The number of carbonyl (C=O) groups excluding carboxylic acids is 1. The van der Waals surface area contributed by atoms with Crippen LogP contribution in [0, 0.1) is 0 Å². The first-order valence-electron chi connectivity index (χ1n) is 6.95. The standard InChI is InChI=1S/C16H11Cl5N2O2S/c1-25-9-4-2-8(3-5-9)6-22-23-10(24)7-26-16-14(20)12(18)11(17)13(19)15(16)21/h2-6H,7H2,1H3,(H,23,24)/b22-6+. The summed E-state index contributed by atoms with van der Waals surface area (Å²) in [6.45, 7) is 0. The Labute approximate surface area is 179 Å². The van der Waals surface area contributed by atoms with E-state index in [-0.39, 0.29) is 36.8 Å². The molecule has 0 fully saturated rings. The molecule has 0 aromatic heterocycles. The van der Waals surface area contributed by atoms with Gasteiger partial charge in [-0.2, -0.15) is 5.10 Å². The highest BCUT2D eigenvalue weighted by atomic mass is 35.5. The molecule has 1 amide bonds. The van der Waals surface area contributed by atoms with Gasteiger partial charge in [0, 0.05) is 4.90 Å². The Balaban J connectivity index is 1.96. The van der Waals surface area contributed by atoms with Gasteiger partial charge in [-0.25, -0.2) is 5.43 Å². The number of ether oxygens (including phenoxy) is 1. The van der Waals surface area contributed by atoms with E-state index >= 15 is 0 Å². The fourth-order valence-corrected chi connectivity index (χ4v) is 4.13. The van der Waals surface area contributed by atoms with Gasteiger partial charge in [0.2, 0.25) is 5.91 Å². The lowest BCUT2D eigenvalue weighted by atomic mass is 10.2. The van der Waals surface area contributed by atoms with E-state index in [1.165, 1.54) is 6.21 Å². The topological polar surface area (TPSA) is 50.7 Å². The number of halogens is 5. The van der Waals surface area contributed by atoms with E-state index < -0.39 is 0 Å². The molecule has 0 aliphatic heterocycles. The summed E-state index contributed by atoms with van der Waals surface area (Å²) in [6, 6.07) is 7.19. The molecule has 0 saturated heterocycles. The molecular weight excluding hydrogens is 462 g/mol. The fourth-order valence-electron chi connectivity index (χ4n) is 1.75. The van der Waals surface area contributed by atoms with E-state index in [1.807, 2.05) is 0 Å². The van der Waals surface area contributed by atoms with Crippen LogP contribution in [-0.2, 0) is 4.79 Å². The third-order valence-corrected chi connectivity index (χ3v) is 6.64. The Hall–Kier alpha value is -0.820. The Bertz CT molecular complexity index is 815. The van der Waals surface area contributed by atoms with Crippen molar-refractivity contribution in [3.63, 3.8) is 0 Å². The van der Waals surface area contributed by atoms with Crippen molar-refractivity contribution in [3.8, 4) is 5.75 Å². The predicted octanol–water partition coefficient (Wildman–Crippen LogP) is 6.20. The number of hydrogen-bond acceptors (Lipinski definition) is 4. The zero-order valence-electron chi connectivity index (χ0n) is 13.2. The summed E-state index contributed by atoms with van der Waals surface area (Å²) in [6.07, 6.45) is 1.51. The molecule has 1 N–H and O–H groups in total. The van der Waals surface area contributed by atoms with Gasteiger partial charge in [0.1, 0.15) is 5.75 Å². The molecule has 2 rings (SSSR count). The average molecular weight is 473 g/mol. The Kier molecular flexibility index (Phi) is 8.20. The molecule has 0 radical (unpaired) electrons. The van der Waals surface area contributed by atoms with E-state index in [1.54, 1.807) is 31.4 Å². The molecule has 0 aliphatic rings. The number of nitrogens with one attached hydrogen (secondary N) is 1. The summed E-state index contributed by atoms with van der Waals surface area (Å²) < 4.78 is 5.06. The first-order chi connectivity index (χ1) is 12.3. The molecule has 4 nitrogen and oxygen atoms in total. The van der Waals surface area contributed by atoms with Crippen LogP contribution in [0.1, 0.15) is 5.56 Å². The van der Waals surface area contributed by atoms with Crippen molar-refractivity contribution in [2.24, 2.45) is 5.10 Å². The first-order valence-corrected chi connectivity index (χ1v) is 9.83. The highest BCUT2D eigenvalue weighted by Crippen LogP contribution is 2.47. The second kappa shape index (κ2) is 9.93. The van der Waals surface area contributed by atoms with E-state index in [0.717, 1.165) is 23.1 Å². The molecule has 2 aromatic rings. The Morgan fingerprint density at radius 1 is 1.04 bits per heavy atom. The molecule has 26 heavy (non-hydrogen) atoms. The van der Waals surface area contributed by atoms with Crippen molar-refractivity contribution < 1.29 is 9.53 Å². The number of methoxy groups -OCH3 is 1. The minimum Gasteiger partial charge on any atom is -0.497 e. The molecular formula is C16H11Cl5N2O2S. The maximum absolute atomic E-state index is 11.9. The lowest BCUT2D eigenvalue weighted by Gasteiger charge is -2.11. The zero-order chi connectivity index (χ0) is 19.3. The van der Waals surface area contributed by atoms with E-state index in [4.69, 9.17) is 62.7 Å². The SMILES string of the molecule is COc1ccc(/C=N/NC(=O)CSc2c(Cl)c(Cl)c(Cl)c(Cl)c2Cl)cc1. The number of hydrazone groups is 1. The highest BCUT2D eigenvalue weighted by Gasteiger charge is 2.20. The van der Waals surface area contributed by atoms with Gasteiger partial charge < -0.3 is 4.74 Å². The zero-order valence-corrected chi connectivity index (χ0v) is 17.8. The summed E-state index contributed by atoms with van der Waals surface area (Å²) in [7, 11) is 1.58. The van der Waals surface area contributed by atoms with Crippen molar-refractivity contribution >= 4 is 81.9 Å². The van der Waals surface area contributed by atoms with Crippen molar-refractivity contribution in [1.29, 1.82) is 0 Å².